The van der Waals surface area contributed by atoms with Crippen LogP contribution in [0.5, 0.6) is 0 Å². The smallest absolute Gasteiger partial charge is 0.330 e. The monoisotopic (exact) mass is 321 g/mol. The zero-order valence-electron chi connectivity index (χ0n) is 13.9. The molecule has 0 aliphatic rings. The number of carbonyl (C=O) groups excluding carboxylic acids is 3. The highest BCUT2D eigenvalue weighted by molar-refractivity contribution is 6.11. The van der Waals surface area contributed by atoms with Crippen molar-refractivity contribution in [1.29, 1.82) is 0 Å². The molecule has 6 nitrogen and oxygen atoms in total. The third kappa shape index (κ3) is 5.83. The third-order valence-electron chi connectivity index (χ3n) is 3.08. The van der Waals surface area contributed by atoms with Gasteiger partial charge in [0.15, 0.2) is 11.8 Å². The molecule has 126 valence electrons. The van der Waals surface area contributed by atoms with E-state index in [0.29, 0.717) is 0 Å². The molecule has 23 heavy (non-hydrogen) atoms. The van der Waals surface area contributed by atoms with Gasteiger partial charge in [0, 0.05) is 0 Å². The molecule has 1 aromatic rings. The first-order chi connectivity index (χ1) is 10.7. The number of rotatable bonds is 6. The van der Waals surface area contributed by atoms with Crippen LogP contribution in [-0.4, -0.2) is 36.5 Å². The summed E-state index contributed by atoms with van der Waals surface area (Å²) in [5.41, 5.74) is 5.62. The molecule has 2 N–H and O–H groups in total. The van der Waals surface area contributed by atoms with E-state index in [1.165, 1.54) is 0 Å². The molecule has 0 aromatic heterocycles. The van der Waals surface area contributed by atoms with Crippen LogP contribution in [0.1, 0.15) is 26.3 Å². The minimum absolute atomic E-state index is 0.110. The molecule has 0 bridgehead atoms. The highest BCUT2D eigenvalue weighted by atomic mass is 16.6. The Hall–Kier alpha value is -2.21. The summed E-state index contributed by atoms with van der Waals surface area (Å²) in [6.45, 7) is 5.11. The lowest BCUT2D eigenvalue weighted by Crippen LogP contribution is -2.47. The first-order valence-corrected chi connectivity index (χ1v) is 7.29. The van der Waals surface area contributed by atoms with E-state index < -0.39 is 35.3 Å². The van der Waals surface area contributed by atoms with Gasteiger partial charge in [0.2, 0.25) is 0 Å². The molecule has 0 radical (unpaired) electrons. The zero-order valence-corrected chi connectivity index (χ0v) is 13.9. The van der Waals surface area contributed by atoms with Crippen LogP contribution in [-0.2, 0) is 30.3 Å². The van der Waals surface area contributed by atoms with E-state index in [9.17, 15) is 14.4 Å². The molecule has 0 spiro atoms. The summed E-state index contributed by atoms with van der Waals surface area (Å²) >= 11 is 0. The Labute approximate surface area is 135 Å². The summed E-state index contributed by atoms with van der Waals surface area (Å²) in [4.78, 5) is 36.3. The fourth-order valence-electron chi connectivity index (χ4n) is 1.98. The molecule has 2 atom stereocenters. The highest BCUT2D eigenvalue weighted by Crippen LogP contribution is 2.18. The average molecular weight is 321 g/mol. The van der Waals surface area contributed by atoms with Gasteiger partial charge >= 0.3 is 11.9 Å². The number of hydrogen-bond donors (Lipinski definition) is 1. The van der Waals surface area contributed by atoms with Crippen molar-refractivity contribution < 1.29 is 23.9 Å². The minimum atomic E-state index is -1.51. The Kier molecular flexibility index (Phi) is 6.45. The van der Waals surface area contributed by atoms with E-state index in [1.807, 2.05) is 6.07 Å². The molecule has 0 heterocycles. The number of benzene rings is 1. The standard InChI is InChI=1S/C17H23NO5/c1-17(2,3)23-15(20)12(10-11-8-6-5-7-9-11)14(19)13(18)16(21)22-4/h5-9,12-13H,10,18H2,1-4H3/t12-,13?/m0/s1. The summed E-state index contributed by atoms with van der Waals surface area (Å²) in [5.74, 6) is -3.46. The molecule has 1 aromatic carbocycles. The van der Waals surface area contributed by atoms with Crippen LogP contribution >= 0.6 is 0 Å². The number of hydrogen-bond acceptors (Lipinski definition) is 6. The second kappa shape index (κ2) is 7.87. The maximum absolute atomic E-state index is 12.4. The first-order valence-electron chi connectivity index (χ1n) is 7.29. The Bertz CT molecular complexity index is 562. The van der Waals surface area contributed by atoms with Gasteiger partial charge in [-0.3, -0.25) is 9.59 Å². The van der Waals surface area contributed by atoms with Crippen LogP contribution in [0.4, 0.5) is 0 Å². The lowest BCUT2D eigenvalue weighted by atomic mass is 9.91. The molecule has 6 heteroatoms. The van der Waals surface area contributed by atoms with Gasteiger partial charge in [-0.15, -0.1) is 0 Å². The Morgan fingerprint density at radius 1 is 1.09 bits per heavy atom. The molecule has 0 aliphatic heterocycles. The van der Waals surface area contributed by atoms with Crippen LogP contribution in [0.15, 0.2) is 30.3 Å². The lowest BCUT2D eigenvalue weighted by Gasteiger charge is -2.24. The molecular formula is C17H23NO5. The summed E-state index contributed by atoms with van der Waals surface area (Å²) in [6, 6.07) is 7.48. The van der Waals surface area contributed by atoms with Crippen molar-refractivity contribution in [2.75, 3.05) is 7.11 Å². The van der Waals surface area contributed by atoms with E-state index >= 15 is 0 Å². The first kappa shape index (κ1) is 18.8. The fourth-order valence-corrected chi connectivity index (χ4v) is 1.98. The van der Waals surface area contributed by atoms with Crippen molar-refractivity contribution in [2.24, 2.45) is 11.7 Å². The maximum atomic E-state index is 12.4. The van der Waals surface area contributed by atoms with E-state index in [2.05, 4.69) is 4.74 Å². The largest absolute Gasteiger partial charge is 0.468 e. The Morgan fingerprint density at radius 2 is 1.65 bits per heavy atom. The van der Waals surface area contributed by atoms with Gasteiger partial charge in [0.05, 0.1) is 7.11 Å². The van der Waals surface area contributed by atoms with Crippen LogP contribution in [0.2, 0.25) is 0 Å². The van der Waals surface area contributed by atoms with E-state index in [4.69, 9.17) is 10.5 Å². The van der Waals surface area contributed by atoms with Crippen LogP contribution in [0.3, 0.4) is 0 Å². The third-order valence-corrected chi connectivity index (χ3v) is 3.08. The lowest BCUT2D eigenvalue weighted by molar-refractivity contribution is -0.163. The molecular weight excluding hydrogens is 298 g/mol. The van der Waals surface area contributed by atoms with Crippen molar-refractivity contribution in [3.63, 3.8) is 0 Å². The van der Waals surface area contributed by atoms with Crippen molar-refractivity contribution in [3.8, 4) is 0 Å². The van der Waals surface area contributed by atoms with Gasteiger partial charge in [-0.1, -0.05) is 30.3 Å². The molecule has 0 amide bonds. The molecule has 1 unspecified atom stereocenters. The predicted octanol–water partition coefficient (Wildman–Crippen LogP) is 1.26. The number of nitrogens with two attached hydrogens (primary N) is 1. The fraction of sp³-hybridized carbons (Fsp3) is 0.471. The number of esters is 2. The van der Waals surface area contributed by atoms with E-state index in [1.54, 1.807) is 45.0 Å². The summed E-state index contributed by atoms with van der Waals surface area (Å²) in [7, 11) is 1.13. The zero-order chi connectivity index (χ0) is 17.6. The van der Waals surface area contributed by atoms with Crippen molar-refractivity contribution in [3.05, 3.63) is 35.9 Å². The van der Waals surface area contributed by atoms with Gasteiger partial charge in [0.25, 0.3) is 0 Å². The molecule has 1 rings (SSSR count). The number of Topliss-reactive ketones (excluding diaryl/α,β-unsaturated/α-hetero) is 1. The Morgan fingerprint density at radius 3 is 2.13 bits per heavy atom. The van der Waals surface area contributed by atoms with E-state index in [0.717, 1.165) is 12.7 Å². The SMILES string of the molecule is COC(=O)C(N)C(=O)[C@H](Cc1ccccc1)C(=O)OC(C)(C)C. The molecule has 0 saturated carbocycles. The number of methoxy groups -OCH3 is 1. The molecule has 0 aliphatic carbocycles. The highest BCUT2D eigenvalue weighted by Gasteiger charge is 2.37. The van der Waals surface area contributed by atoms with Crippen molar-refractivity contribution in [1.82, 2.24) is 0 Å². The van der Waals surface area contributed by atoms with Crippen LogP contribution in [0.25, 0.3) is 0 Å². The van der Waals surface area contributed by atoms with E-state index in [-0.39, 0.29) is 6.42 Å². The second-order valence-electron chi connectivity index (χ2n) is 6.18. The quantitative estimate of drug-likeness (QED) is 0.626. The van der Waals surface area contributed by atoms with Gasteiger partial charge in [-0.2, -0.15) is 0 Å². The van der Waals surface area contributed by atoms with Crippen molar-refractivity contribution >= 4 is 17.7 Å². The summed E-state index contributed by atoms with van der Waals surface area (Å²) in [5, 5.41) is 0. The molecule has 0 saturated heterocycles. The number of ketones is 1. The number of carbonyl (C=O) groups is 3. The second-order valence-corrected chi connectivity index (χ2v) is 6.18. The maximum Gasteiger partial charge on any atom is 0.330 e. The average Bonchev–Trinajstić information content (AvgIpc) is 2.49. The number of ether oxygens (including phenoxy) is 2. The molecule has 0 fully saturated rings. The predicted molar refractivity (Wildman–Crippen MR) is 84.5 cm³/mol. The normalized spacial score (nSPS) is 13.8. The van der Waals surface area contributed by atoms with Gasteiger partial charge in [0.1, 0.15) is 11.5 Å². The summed E-state index contributed by atoms with van der Waals surface area (Å²) in [6.07, 6.45) is 0.110. The van der Waals surface area contributed by atoms with Crippen molar-refractivity contribution in [2.45, 2.75) is 38.8 Å². The van der Waals surface area contributed by atoms with Gasteiger partial charge < -0.3 is 15.2 Å². The Balaban J connectivity index is 3.03. The van der Waals surface area contributed by atoms with Gasteiger partial charge in [-0.05, 0) is 32.8 Å². The van der Waals surface area contributed by atoms with Gasteiger partial charge in [-0.25, -0.2) is 4.79 Å². The minimum Gasteiger partial charge on any atom is -0.468 e. The van der Waals surface area contributed by atoms with Crippen LogP contribution in [0, 0.1) is 5.92 Å². The summed E-state index contributed by atoms with van der Waals surface area (Å²) < 4.78 is 9.77. The topological polar surface area (TPSA) is 95.7 Å². The van der Waals surface area contributed by atoms with Crippen LogP contribution < -0.4 is 5.73 Å².